The van der Waals surface area contributed by atoms with E-state index in [9.17, 15) is 0 Å². The molecule has 0 saturated heterocycles. The number of para-hydroxylation sites is 2. The molecule has 0 fully saturated rings. The van der Waals surface area contributed by atoms with Gasteiger partial charge in [0.05, 0.1) is 0 Å². The first-order valence-electron chi connectivity index (χ1n) is 5.10. The van der Waals surface area contributed by atoms with Crippen molar-refractivity contribution in [3.63, 3.8) is 0 Å². The third-order valence-corrected chi connectivity index (χ3v) is 2.23. The van der Waals surface area contributed by atoms with Crippen LogP contribution in [0.2, 0.25) is 0 Å². The van der Waals surface area contributed by atoms with Crippen LogP contribution in [0, 0.1) is 13.8 Å². The van der Waals surface area contributed by atoms with Crippen molar-refractivity contribution >= 4 is 0 Å². The summed E-state index contributed by atoms with van der Waals surface area (Å²) in [6.45, 7) is 3.74. The largest absolute Gasteiger partial charge is 1.00 e. The molecule has 0 aliphatic heterocycles. The molecule has 0 radical (unpaired) electrons. The number of phenols is 2. The van der Waals surface area contributed by atoms with Crippen LogP contribution in [-0.2, 0) is 25.8 Å². The van der Waals surface area contributed by atoms with Gasteiger partial charge in [0.2, 0.25) is 0 Å². The van der Waals surface area contributed by atoms with Crippen LogP contribution in [-0.4, -0.2) is 10.2 Å². The minimum atomic E-state index is 0. The minimum absolute atomic E-state index is 0. The van der Waals surface area contributed by atoms with E-state index in [1.54, 1.807) is 12.1 Å². The maximum atomic E-state index is 8.92. The zero-order valence-corrected chi connectivity index (χ0v) is 17.5. The summed E-state index contributed by atoms with van der Waals surface area (Å²) in [6, 6.07) is 14.5. The van der Waals surface area contributed by atoms with Crippen molar-refractivity contribution in [3.05, 3.63) is 59.7 Å². The molecule has 5 heteroatoms. The Labute approximate surface area is 154 Å². The topological polar surface area (TPSA) is 40.5 Å². The Hall–Kier alpha value is -0.130. The first kappa shape index (κ1) is 23.9. The second-order valence-electron chi connectivity index (χ2n) is 3.57. The number of hydrogen-bond acceptors (Lipinski definition) is 2. The van der Waals surface area contributed by atoms with Gasteiger partial charge in [-0.25, -0.2) is 0 Å². The number of phenolic OH excluding ortho intramolecular Hbond substituents is 2. The second-order valence-corrected chi connectivity index (χ2v) is 3.57. The zero-order valence-electron chi connectivity index (χ0n) is 10.8. The molecule has 0 bridgehead atoms. The van der Waals surface area contributed by atoms with Crippen LogP contribution in [0.15, 0.2) is 48.5 Å². The number of benzene rings is 2. The molecule has 0 saturated carbocycles. The fraction of sp³-hybridized carbons (Fsp3) is 0.143. The van der Waals surface area contributed by atoms with Gasteiger partial charge in [-0.15, -0.1) is 0 Å². The van der Waals surface area contributed by atoms with Gasteiger partial charge >= 0.3 is 0 Å². The molecule has 2 N–H and O–H groups in total. The van der Waals surface area contributed by atoms with Crippen molar-refractivity contribution in [1.82, 2.24) is 0 Å². The molecule has 0 aliphatic rings. The van der Waals surface area contributed by atoms with Crippen molar-refractivity contribution in [2.75, 3.05) is 0 Å². The average Bonchev–Trinajstić information content (AvgIpc) is 2.28. The number of halogens is 2. The smallest absolute Gasteiger partial charge is 0.118 e. The van der Waals surface area contributed by atoms with E-state index < -0.39 is 0 Å². The Kier molecular flexibility index (Phi) is 16.2. The molecule has 19 heavy (non-hydrogen) atoms. The van der Waals surface area contributed by atoms with Crippen molar-refractivity contribution < 1.29 is 70.0 Å². The molecular formula is C14H16Br2HfO2-2. The maximum absolute atomic E-state index is 8.92. The van der Waals surface area contributed by atoms with Gasteiger partial charge < -0.3 is 44.2 Å². The molecule has 2 aromatic carbocycles. The third kappa shape index (κ3) is 9.41. The normalized spacial score (nSPS) is 7.68. The summed E-state index contributed by atoms with van der Waals surface area (Å²) in [5, 5.41) is 17.8. The van der Waals surface area contributed by atoms with E-state index in [2.05, 4.69) is 0 Å². The van der Waals surface area contributed by atoms with E-state index in [-0.39, 0.29) is 59.8 Å². The van der Waals surface area contributed by atoms with Crippen LogP contribution in [0.25, 0.3) is 0 Å². The Bertz CT molecular complexity index is 379. The first-order chi connectivity index (χ1) is 7.61. The predicted molar refractivity (Wildman–Crippen MR) is 65.7 cm³/mol. The Morgan fingerprint density at radius 2 is 0.895 bits per heavy atom. The summed E-state index contributed by atoms with van der Waals surface area (Å²) < 4.78 is 0. The molecule has 0 unspecified atom stereocenters. The van der Waals surface area contributed by atoms with E-state index in [4.69, 9.17) is 10.2 Å². The number of aryl methyl sites for hydroxylation is 2. The van der Waals surface area contributed by atoms with Crippen molar-refractivity contribution in [2.24, 2.45) is 0 Å². The zero-order chi connectivity index (χ0) is 12.0. The fourth-order valence-corrected chi connectivity index (χ4v) is 1.13. The van der Waals surface area contributed by atoms with Crippen LogP contribution in [0.1, 0.15) is 11.1 Å². The van der Waals surface area contributed by atoms with Crippen molar-refractivity contribution in [3.8, 4) is 11.5 Å². The van der Waals surface area contributed by atoms with Crippen molar-refractivity contribution in [1.29, 1.82) is 0 Å². The predicted octanol–water partition coefficient (Wildman–Crippen LogP) is -2.59. The van der Waals surface area contributed by atoms with Gasteiger partial charge in [-0.1, -0.05) is 36.4 Å². The molecule has 2 aromatic rings. The monoisotopic (exact) mass is 554 g/mol. The molecule has 0 aliphatic carbocycles. The fourth-order valence-electron chi connectivity index (χ4n) is 1.13. The summed E-state index contributed by atoms with van der Waals surface area (Å²) >= 11 is 0. The van der Waals surface area contributed by atoms with Gasteiger partial charge in [0.15, 0.2) is 0 Å². The average molecular weight is 555 g/mol. The van der Waals surface area contributed by atoms with Crippen LogP contribution in [0.5, 0.6) is 11.5 Å². The van der Waals surface area contributed by atoms with Crippen LogP contribution in [0.4, 0.5) is 0 Å². The van der Waals surface area contributed by atoms with Crippen LogP contribution in [0.3, 0.4) is 0 Å². The Balaban J connectivity index is -0.000000233. The summed E-state index contributed by atoms with van der Waals surface area (Å²) in [6.07, 6.45) is 0. The van der Waals surface area contributed by atoms with Gasteiger partial charge in [-0.2, -0.15) is 0 Å². The third-order valence-electron chi connectivity index (χ3n) is 2.23. The second kappa shape index (κ2) is 12.9. The van der Waals surface area contributed by atoms with Gasteiger partial charge in [0.1, 0.15) is 11.5 Å². The molecule has 0 aromatic heterocycles. The Morgan fingerprint density at radius 1 is 0.632 bits per heavy atom. The first-order valence-corrected chi connectivity index (χ1v) is 5.10. The summed E-state index contributed by atoms with van der Waals surface area (Å²) in [4.78, 5) is 0. The summed E-state index contributed by atoms with van der Waals surface area (Å²) in [5.41, 5.74) is 1.85. The molecule has 0 atom stereocenters. The van der Waals surface area contributed by atoms with Crippen LogP contribution >= 0.6 is 0 Å². The van der Waals surface area contributed by atoms with Gasteiger partial charge in [0, 0.05) is 25.8 Å². The quantitative estimate of drug-likeness (QED) is 0.351. The molecule has 2 rings (SSSR count). The van der Waals surface area contributed by atoms with Crippen molar-refractivity contribution in [2.45, 2.75) is 13.8 Å². The van der Waals surface area contributed by atoms with Gasteiger partial charge in [-0.3, -0.25) is 0 Å². The van der Waals surface area contributed by atoms with E-state index in [1.165, 1.54) is 0 Å². The van der Waals surface area contributed by atoms with Crippen LogP contribution < -0.4 is 34.0 Å². The Morgan fingerprint density at radius 3 is 1.05 bits per heavy atom. The molecular weight excluding hydrogens is 538 g/mol. The molecule has 2 nitrogen and oxygen atoms in total. The van der Waals surface area contributed by atoms with E-state index in [1.807, 2.05) is 50.2 Å². The minimum Gasteiger partial charge on any atom is -1.00 e. The number of hydrogen-bond donors (Lipinski definition) is 2. The SMILES string of the molecule is Cc1ccccc1O.Cc1ccccc1O.[Br-].[Br-].[Hf]. The van der Waals surface area contributed by atoms with E-state index in [0.29, 0.717) is 11.5 Å². The van der Waals surface area contributed by atoms with Gasteiger partial charge in [-0.05, 0) is 37.1 Å². The van der Waals surface area contributed by atoms with E-state index >= 15 is 0 Å². The van der Waals surface area contributed by atoms with E-state index in [0.717, 1.165) is 11.1 Å². The standard InChI is InChI=1S/2C7H8O.2BrH.Hf/c2*1-6-4-2-3-5-7(6)8;;;/h2*2-5,8H,1H3;2*1H;/p-2. The summed E-state index contributed by atoms with van der Waals surface area (Å²) in [5.74, 6) is 0.736. The molecule has 0 spiro atoms. The summed E-state index contributed by atoms with van der Waals surface area (Å²) in [7, 11) is 0. The molecule has 0 heterocycles. The number of aromatic hydroxyl groups is 2. The van der Waals surface area contributed by atoms with Gasteiger partial charge in [0.25, 0.3) is 0 Å². The maximum Gasteiger partial charge on any atom is 0.118 e. The molecule has 104 valence electrons. The number of rotatable bonds is 0. The molecule has 0 amide bonds.